The molecule has 66 valence electrons. The first-order chi connectivity index (χ1) is 4.98. The summed E-state index contributed by atoms with van der Waals surface area (Å²) < 4.78 is 5.61. The van der Waals surface area contributed by atoms with Crippen molar-refractivity contribution in [2.75, 3.05) is 6.61 Å². The van der Waals surface area contributed by atoms with Gasteiger partial charge in [0.25, 0.3) is 0 Å². The lowest BCUT2D eigenvalue weighted by Crippen LogP contribution is -2.22. The molecule has 0 radical (unpaired) electrons. The molecule has 0 spiro atoms. The predicted octanol–water partition coefficient (Wildman–Crippen LogP) is 3.16. The minimum absolute atomic E-state index is 0.0337. The van der Waals surface area contributed by atoms with E-state index in [1.165, 1.54) is 5.57 Å². The van der Waals surface area contributed by atoms with Gasteiger partial charge in [-0.15, -0.1) is 0 Å². The van der Waals surface area contributed by atoms with Gasteiger partial charge < -0.3 is 4.74 Å². The first-order valence-electron chi connectivity index (χ1n) is 4.25. The normalized spacial score (nSPS) is 11.4. The molecule has 0 aromatic carbocycles. The van der Waals surface area contributed by atoms with E-state index in [2.05, 4.69) is 40.7 Å². The molecule has 0 atom stereocenters. The van der Waals surface area contributed by atoms with E-state index < -0.39 is 0 Å². The number of hydrogen-bond acceptors (Lipinski definition) is 1. The van der Waals surface area contributed by atoms with Crippen molar-refractivity contribution < 1.29 is 4.74 Å². The van der Waals surface area contributed by atoms with Gasteiger partial charge in [0, 0.05) is 0 Å². The van der Waals surface area contributed by atoms with Crippen LogP contribution in [0.4, 0.5) is 0 Å². The van der Waals surface area contributed by atoms with Crippen LogP contribution in [0.5, 0.6) is 0 Å². The molecule has 0 bridgehead atoms. The van der Waals surface area contributed by atoms with E-state index in [-0.39, 0.29) is 5.60 Å². The van der Waals surface area contributed by atoms with Crippen LogP contribution in [0.3, 0.4) is 0 Å². The van der Waals surface area contributed by atoms with Crippen LogP contribution in [0.25, 0.3) is 0 Å². The minimum atomic E-state index is 0.0337. The fourth-order valence-electron chi connectivity index (χ4n) is 0.536. The summed E-state index contributed by atoms with van der Waals surface area (Å²) in [6.45, 7) is 11.3. The zero-order valence-corrected chi connectivity index (χ0v) is 8.40. The zero-order chi connectivity index (χ0) is 8.91. The second-order valence-electron chi connectivity index (χ2n) is 3.71. The Morgan fingerprint density at radius 3 is 2.27 bits per heavy atom. The standard InChI is InChI=1S/C10H20O/c1-6-10(4,5)11-8-7-9(2)3/h7H,6,8H2,1-5H3. The van der Waals surface area contributed by atoms with Crippen molar-refractivity contribution in [3.63, 3.8) is 0 Å². The number of hydrogen-bond donors (Lipinski definition) is 0. The van der Waals surface area contributed by atoms with Crippen LogP contribution in [-0.4, -0.2) is 12.2 Å². The van der Waals surface area contributed by atoms with E-state index in [4.69, 9.17) is 4.74 Å². The molecule has 0 amide bonds. The second-order valence-corrected chi connectivity index (χ2v) is 3.71. The first-order valence-corrected chi connectivity index (χ1v) is 4.25. The van der Waals surface area contributed by atoms with Gasteiger partial charge in [-0.25, -0.2) is 0 Å². The maximum Gasteiger partial charge on any atom is 0.0657 e. The maximum absolute atomic E-state index is 5.61. The van der Waals surface area contributed by atoms with Crippen molar-refractivity contribution in [2.45, 2.75) is 46.6 Å². The van der Waals surface area contributed by atoms with Crippen LogP contribution in [0.15, 0.2) is 11.6 Å². The smallest absolute Gasteiger partial charge is 0.0657 e. The fraction of sp³-hybridized carbons (Fsp3) is 0.800. The molecule has 0 unspecified atom stereocenters. The van der Waals surface area contributed by atoms with Gasteiger partial charge in [-0.05, 0) is 34.1 Å². The molecule has 0 heterocycles. The Bertz CT molecular complexity index is 130. The highest BCUT2D eigenvalue weighted by molar-refractivity contribution is 4.93. The lowest BCUT2D eigenvalue weighted by Gasteiger charge is -2.22. The van der Waals surface area contributed by atoms with Crippen molar-refractivity contribution in [3.05, 3.63) is 11.6 Å². The van der Waals surface area contributed by atoms with Crippen molar-refractivity contribution in [1.82, 2.24) is 0 Å². The van der Waals surface area contributed by atoms with Crippen LogP contribution in [-0.2, 0) is 4.74 Å². The molecule has 1 nitrogen and oxygen atoms in total. The van der Waals surface area contributed by atoms with E-state index in [1.807, 2.05) is 0 Å². The maximum atomic E-state index is 5.61. The monoisotopic (exact) mass is 156 g/mol. The fourth-order valence-corrected chi connectivity index (χ4v) is 0.536. The molecule has 0 aliphatic rings. The molecule has 0 aliphatic carbocycles. The van der Waals surface area contributed by atoms with Gasteiger partial charge in [0.1, 0.15) is 0 Å². The van der Waals surface area contributed by atoms with Crippen LogP contribution in [0.2, 0.25) is 0 Å². The van der Waals surface area contributed by atoms with Crippen LogP contribution < -0.4 is 0 Å². The van der Waals surface area contributed by atoms with E-state index in [1.54, 1.807) is 0 Å². The first kappa shape index (κ1) is 10.7. The van der Waals surface area contributed by atoms with Crippen molar-refractivity contribution in [2.24, 2.45) is 0 Å². The molecule has 0 aliphatic heterocycles. The Labute approximate surface area is 70.4 Å². The molecule has 0 saturated heterocycles. The Balaban J connectivity index is 3.62. The Morgan fingerprint density at radius 1 is 1.36 bits per heavy atom. The number of ether oxygens (including phenoxy) is 1. The Kier molecular flexibility index (Phi) is 4.43. The van der Waals surface area contributed by atoms with E-state index >= 15 is 0 Å². The summed E-state index contributed by atoms with van der Waals surface area (Å²) in [4.78, 5) is 0. The number of allylic oxidation sites excluding steroid dienone is 1. The predicted molar refractivity (Wildman–Crippen MR) is 49.8 cm³/mol. The molecule has 0 fully saturated rings. The van der Waals surface area contributed by atoms with E-state index in [9.17, 15) is 0 Å². The zero-order valence-electron chi connectivity index (χ0n) is 8.40. The highest BCUT2D eigenvalue weighted by atomic mass is 16.5. The van der Waals surface area contributed by atoms with Crippen LogP contribution >= 0.6 is 0 Å². The van der Waals surface area contributed by atoms with Crippen molar-refractivity contribution in [1.29, 1.82) is 0 Å². The van der Waals surface area contributed by atoms with Gasteiger partial charge in [-0.2, -0.15) is 0 Å². The molecule has 0 N–H and O–H groups in total. The third kappa shape index (κ3) is 6.11. The SMILES string of the molecule is CCC(C)(C)OCC=C(C)C. The van der Waals surface area contributed by atoms with E-state index in [0.717, 1.165) is 13.0 Å². The van der Waals surface area contributed by atoms with Crippen molar-refractivity contribution in [3.8, 4) is 0 Å². The van der Waals surface area contributed by atoms with Gasteiger partial charge in [0.05, 0.1) is 12.2 Å². The van der Waals surface area contributed by atoms with Gasteiger partial charge >= 0.3 is 0 Å². The van der Waals surface area contributed by atoms with Crippen LogP contribution in [0, 0.1) is 0 Å². The largest absolute Gasteiger partial charge is 0.372 e. The summed E-state index contributed by atoms with van der Waals surface area (Å²) >= 11 is 0. The Morgan fingerprint density at radius 2 is 1.91 bits per heavy atom. The highest BCUT2D eigenvalue weighted by Crippen LogP contribution is 2.13. The highest BCUT2D eigenvalue weighted by Gasteiger charge is 2.13. The summed E-state index contributed by atoms with van der Waals surface area (Å²) in [5.41, 5.74) is 1.35. The molecule has 1 heteroatoms. The summed E-state index contributed by atoms with van der Waals surface area (Å²) in [6, 6.07) is 0. The quantitative estimate of drug-likeness (QED) is 0.568. The summed E-state index contributed by atoms with van der Waals surface area (Å²) in [5.74, 6) is 0. The van der Waals surface area contributed by atoms with Crippen molar-refractivity contribution >= 4 is 0 Å². The van der Waals surface area contributed by atoms with Gasteiger partial charge in [-0.1, -0.05) is 18.6 Å². The lowest BCUT2D eigenvalue weighted by atomic mass is 10.1. The molecule has 0 aromatic rings. The minimum Gasteiger partial charge on any atom is -0.372 e. The lowest BCUT2D eigenvalue weighted by molar-refractivity contribution is -0.00367. The molecule has 11 heavy (non-hydrogen) atoms. The molecule has 0 rings (SSSR count). The average molecular weight is 156 g/mol. The second kappa shape index (κ2) is 4.55. The van der Waals surface area contributed by atoms with Crippen LogP contribution in [0.1, 0.15) is 41.0 Å². The summed E-state index contributed by atoms with van der Waals surface area (Å²) in [6.07, 6.45) is 3.17. The molecular weight excluding hydrogens is 136 g/mol. The third-order valence-corrected chi connectivity index (χ3v) is 1.82. The summed E-state index contributed by atoms with van der Waals surface area (Å²) in [5, 5.41) is 0. The molecule has 0 aromatic heterocycles. The van der Waals surface area contributed by atoms with E-state index in [0.29, 0.717) is 0 Å². The summed E-state index contributed by atoms with van der Waals surface area (Å²) in [7, 11) is 0. The third-order valence-electron chi connectivity index (χ3n) is 1.82. The number of rotatable bonds is 4. The topological polar surface area (TPSA) is 9.23 Å². The average Bonchev–Trinajstić information content (AvgIpc) is 1.87. The van der Waals surface area contributed by atoms with Gasteiger partial charge in [0.15, 0.2) is 0 Å². The van der Waals surface area contributed by atoms with Gasteiger partial charge in [-0.3, -0.25) is 0 Å². The van der Waals surface area contributed by atoms with Gasteiger partial charge in [0.2, 0.25) is 0 Å². The Hall–Kier alpha value is -0.300. The molecule has 0 saturated carbocycles. The molecular formula is C10H20O.